The Morgan fingerprint density at radius 1 is 1.11 bits per heavy atom. The third kappa shape index (κ3) is 8.40. The lowest BCUT2D eigenvalue weighted by atomic mass is 9.84. The molecule has 2 aromatic rings. The van der Waals surface area contributed by atoms with Crippen LogP contribution in [0.15, 0.2) is 47.4 Å². The van der Waals surface area contributed by atoms with Crippen molar-refractivity contribution in [2.75, 3.05) is 11.9 Å². The maximum atomic E-state index is 13.6. The molecule has 2 fully saturated rings. The largest absolute Gasteiger partial charge is 0.480 e. The van der Waals surface area contributed by atoms with Crippen molar-refractivity contribution in [2.24, 2.45) is 11.1 Å². The summed E-state index contributed by atoms with van der Waals surface area (Å²) in [6.07, 6.45) is 4.87. The predicted octanol–water partition coefficient (Wildman–Crippen LogP) is 3.33. The number of ether oxygens (including phenoxy) is 1. The molecular weight excluding hydrogens is 624 g/mol. The van der Waals surface area contributed by atoms with E-state index in [1.807, 2.05) is 0 Å². The second-order valence-corrected chi connectivity index (χ2v) is 13.5. The highest BCUT2D eigenvalue weighted by atomic mass is 35.5. The number of primary sulfonamides is 1. The number of sulfonamides is 1. The van der Waals surface area contributed by atoms with E-state index in [9.17, 15) is 32.7 Å². The molecule has 45 heavy (non-hydrogen) atoms. The third-order valence-corrected chi connectivity index (χ3v) is 9.85. The van der Waals surface area contributed by atoms with Gasteiger partial charge >= 0.3 is 11.9 Å². The number of benzene rings is 2. The number of carboxylic acids is 1. The average molecular weight is 663 g/mol. The van der Waals surface area contributed by atoms with Crippen LogP contribution in [0, 0.1) is 5.92 Å². The fraction of sp³-hybridized carbons (Fsp3) is 0.484. The third-order valence-electron chi connectivity index (χ3n) is 8.45. The zero-order chi connectivity index (χ0) is 32.9. The molecule has 1 saturated heterocycles. The first-order valence-electron chi connectivity index (χ1n) is 15.0. The van der Waals surface area contributed by atoms with Crippen LogP contribution in [0.4, 0.5) is 5.69 Å². The van der Waals surface area contributed by atoms with Gasteiger partial charge in [-0.1, -0.05) is 36.6 Å². The fourth-order valence-corrected chi connectivity index (χ4v) is 7.31. The average Bonchev–Trinajstić information content (AvgIpc) is 3.39. The number of likely N-dealkylation sites (tertiary alicyclic amines) is 1. The number of nitrogens with two attached hydrogens (primary N) is 1. The van der Waals surface area contributed by atoms with Gasteiger partial charge < -0.3 is 20.1 Å². The number of nitrogens with zero attached hydrogens (tertiary/aromatic N) is 1. The second kappa shape index (κ2) is 14.7. The molecule has 12 nitrogen and oxygen atoms in total. The number of fused-ring (bicyclic) bond motifs is 1. The number of carbonyl (C=O) groups excluding carboxylic acids is 3. The molecule has 1 aliphatic carbocycles. The number of anilines is 1. The molecule has 1 heterocycles. The lowest BCUT2D eigenvalue weighted by Crippen LogP contribution is -2.55. The van der Waals surface area contributed by atoms with Crippen LogP contribution in [0.25, 0.3) is 0 Å². The number of nitrogens with one attached hydrogen (secondary N) is 2. The number of halogens is 1. The monoisotopic (exact) mass is 662 g/mol. The van der Waals surface area contributed by atoms with E-state index in [1.165, 1.54) is 17.0 Å². The number of esters is 1. The van der Waals surface area contributed by atoms with Crippen LogP contribution in [-0.4, -0.2) is 73.0 Å². The number of carbonyl (C=O) groups is 4. The van der Waals surface area contributed by atoms with E-state index >= 15 is 0 Å². The van der Waals surface area contributed by atoms with Crippen molar-refractivity contribution >= 4 is 51.1 Å². The Morgan fingerprint density at radius 3 is 2.44 bits per heavy atom. The van der Waals surface area contributed by atoms with Crippen LogP contribution in [0.2, 0.25) is 5.02 Å². The molecule has 14 heteroatoms. The van der Waals surface area contributed by atoms with Crippen LogP contribution >= 0.6 is 11.6 Å². The molecule has 2 amide bonds. The van der Waals surface area contributed by atoms with E-state index < -0.39 is 46.0 Å². The molecule has 0 radical (unpaired) electrons. The Balaban J connectivity index is 1.39. The van der Waals surface area contributed by atoms with Gasteiger partial charge in [-0.05, 0) is 87.8 Å². The maximum Gasteiger partial charge on any atom is 0.326 e. The number of hydrogen-bond donors (Lipinski definition) is 4. The molecule has 2 aliphatic rings. The van der Waals surface area contributed by atoms with Gasteiger partial charge in [0, 0.05) is 17.3 Å². The van der Waals surface area contributed by atoms with Crippen molar-refractivity contribution in [3.63, 3.8) is 0 Å². The van der Waals surface area contributed by atoms with Crippen molar-refractivity contribution in [1.82, 2.24) is 10.2 Å². The molecule has 0 bridgehead atoms. The topological polar surface area (TPSA) is 185 Å². The summed E-state index contributed by atoms with van der Waals surface area (Å²) in [5.74, 6) is -2.22. The molecular formula is C31H39ClN4O8S. The summed E-state index contributed by atoms with van der Waals surface area (Å²) < 4.78 is 28.7. The van der Waals surface area contributed by atoms with Crippen LogP contribution in [0.3, 0.4) is 0 Å². The summed E-state index contributed by atoms with van der Waals surface area (Å²) in [6, 6.07) is 8.07. The Bertz CT molecular complexity index is 1530. The molecule has 1 saturated carbocycles. The Hall–Kier alpha value is -3.52. The first-order chi connectivity index (χ1) is 21.3. The van der Waals surface area contributed by atoms with Crippen LogP contribution in [0.5, 0.6) is 0 Å². The van der Waals surface area contributed by atoms with Gasteiger partial charge in [0.2, 0.25) is 15.9 Å². The van der Waals surface area contributed by atoms with Crippen molar-refractivity contribution in [1.29, 1.82) is 0 Å². The zero-order valence-electron chi connectivity index (χ0n) is 25.2. The maximum absolute atomic E-state index is 13.6. The Kier molecular flexibility index (Phi) is 11.2. The number of carboxylic acid groups (broad SMARTS) is 1. The summed E-state index contributed by atoms with van der Waals surface area (Å²) in [5, 5.41) is 20.7. The van der Waals surface area contributed by atoms with Crippen molar-refractivity contribution < 1.29 is 37.4 Å². The highest BCUT2D eigenvalue weighted by Gasteiger charge is 2.48. The molecule has 5 atom stereocenters. The second-order valence-electron chi connectivity index (χ2n) is 11.5. The van der Waals surface area contributed by atoms with Gasteiger partial charge in [-0.2, -0.15) is 0 Å². The molecule has 244 valence electrons. The van der Waals surface area contributed by atoms with Gasteiger partial charge in [-0.15, -0.1) is 0 Å². The highest BCUT2D eigenvalue weighted by molar-refractivity contribution is 7.89. The highest BCUT2D eigenvalue weighted by Crippen LogP contribution is 2.40. The van der Waals surface area contributed by atoms with Gasteiger partial charge in [0.05, 0.1) is 17.7 Å². The minimum atomic E-state index is -4.11. The van der Waals surface area contributed by atoms with E-state index in [4.69, 9.17) is 21.5 Å². The van der Waals surface area contributed by atoms with Crippen LogP contribution in [-0.2, 0) is 35.6 Å². The lowest BCUT2D eigenvalue weighted by Gasteiger charge is -2.35. The van der Waals surface area contributed by atoms with E-state index in [0.29, 0.717) is 24.9 Å². The van der Waals surface area contributed by atoms with Crippen molar-refractivity contribution in [3.8, 4) is 0 Å². The molecule has 0 spiro atoms. The number of amides is 2. The Labute approximate surface area is 267 Å². The number of hydrogen-bond acceptors (Lipinski definition) is 8. The van der Waals surface area contributed by atoms with Gasteiger partial charge in [-0.3, -0.25) is 19.7 Å². The minimum Gasteiger partial charge on any atom is -0.480 e. The lowest BCUT2D eigenvalue weighted by molar-refractivity contribution is -0.152. The molecule has 1 aliphatic heterocycles. The fourth-order valence-electron chi connectivity index (χ4n) is 6.24. The standard InChI is InChI=1S/C31H39ClN4O8S/c1-3-44-31(41)24(34-18(2)29(38)36-25-7-5-4-6-20(25)16-26(36)30(39)40)15-10-19-8-12-22(13-9-19)35-28(37)21-11-14-23(32)27(17-21)45(33,42)43/h8-9,11-14,17-18,20,24-26,34H,3-7,10,15-16H2,1-2H3,(H,35,37)(H,39,40)(H2,33,42,43)/t18-,20+,24-,25+,26-/m0/s1. The summed E-state index contributed by atoms with van der Waals surface area (Å²) >= 11 is 5.90. The van der Waals surface area contributed by atoms with E-state index in [1.54, 1.807) is 38.1 Å². The molecule has 0 unspecified atom stereocenters. The van der Waals surface area contributed by atoms with E-state index in [0.717, 1.165) is 37.3 Å². The molecule has 4 rings (SSSR count). The van der Waals surface area contributed by atoms with Crippen LogP contribution < -0.4 is 15.8 Å². The number of aliphatic carboxylic acids is 1. The summed E-state index contributed by atoms with van der Waals surface area (Å²) in [6.45, 7) is 3.51. The van der Waals surface area contributed by atoms with Crippen molar-refractivity contribution in [2.45, 2.75) is 87.9 Å². The van der Waals surface area contributed by atoms with Gasteiger partial charge in [-0.25, -0.2) is 18.4 Å². The molecule has 0 aromatic heterocycles. The quantitative estimate of drug-likeness (QED) is 0.247. The normalized spacial score (nSPS) is 21.0. The minimum absolute atomic E-state index is 0.0575. The smallest absolute Gasteiger partial charge is 0.326 e. The number of aryl methyl sites for hydroxylation is 1. The predicted molar refractivity (Wildman–Crippen MR) is 167 cm³/mol. The number of rotatable bonds is 12. The summed E-state index contributed by atoms with van der Waals surface area (Å²) in [4.78, 5) is 52.4. The van der Waals surface area contributed by atoms with E-state index in [2.05, 4.69) is 10.6 Å². The van der Waals surface area contributed by atoms with Crippen LogP contribution in [0.1, 0.15) is 68.3 Å². The van der Waals surface area contributed by atoms with Crippen molar-refractivity contribution in [3.05, 3.63) is 58.6 Å². The van der Waals surface area contributed by atoms with Gasteiger partial charge in [0.25, 0.3) is 5.91 Å². The van der Waals surface area contributed by atoms with Gasteiger partial charge in [0.15, 0.2) is 0 Å². The first-order valence-corrected chi connectivity index (χ1v) is 16.9. The molecule has 5 N–H and O–H groups in total. The molecule has 2 aromatic carbocycles. The summed E-state index contributed by atoms with van der Waals surface area (Å²) in [5.41, 5.74) is 1.36. The Morgan fingerprint density at radius 2 is 1.80 bits per heavy atom. The SMILES string of the molecule is CCOC(=O)[C@H](CCc1ccc(NC(=O)c2ccc(Cl)c(S(N)(=O)=O)c2)cc1)N[C@@H](C)C(=O)N1[C@@H]2CCCC[C@@H]2C[C@H]1C(=O)O. The first kappa shape index (κ1) is 34.4. The summed E-state index contributed by atoms with van der Waals surface area (Å²) in [7, 11) is -4.11. The van der Waals surface area contributed by atoms with E-state index in [-0.39, 0.29) is 40.0 Å². The zero-order valence-corrected chi connectivity index (χ0v) is 26.8. The van der Waals surface area contributed by atoms with Gasteiger partial charge in [0.1, 0.15) is 17.0 Å².